The molecular weight excluding hydrogens is 168 g/mol. The van der Waals surface area contributed by atoms with Crippen LogP contribution in [0.1, 0.15) is 31.2 Å². The highest BCUT2D eigenvalue weighted by atomic mass is 14.0. The molecule has 0 saturated carbocycles. The maximum Gasteiger partial charge on any atom is -0.0230 e. The summed E-state index contributed by atoms with van der Waals surface area (Å²) in [7, 11) is 0. The lowest BCUT2D eigenvalue weighted by molar-refractivity contribution is 0.771. The largest absolute Gasteiger partial charge is 0.103 e. The first kappa shape index (κ1) is 10.8. The van der Waals surface area contributed by atoms with E-state index >= 15 is 0 Å². The normalized spacial score (nSPS) is 9.71. The highest BCUT2D eigenvalue weighted by molar-refractivity contribution is 5.62. The molecule has 1 aromatic carbocycles. The maximum atomic E-state index is 4.10. The van der Waals surface area contributed by atoms with Crippen molar-refractivity contribution in [1.82, 2.24) is 0 Å². The van der Waals surface area contributed by atoms with Crippen LogP contribution in [-0.4, -0.2) is 0 Å². The number of hydrogen-bond acceptors (Lipinski definition) is 0. The first-order chi connectivity index (χ1) is 6.84. The van der Waals surface area contributed by atoms with E-state index < -0.39 is 0 Å². The first-order valence-corrected chi connectivity index (χ1v) is 5.18. The van der Waals surface area contributed by atoms with E-state index in [-0.39, 0.29) is 0 Å². The van der Waals surface area contributed by atoms with Crippen LogP contribution in [0.15, 0.2) is 49.6 Å². The number of benzene rings is 1. The van der Waals surface area contributed by atoms with E-state index in [2.05, 4.69) is 37.4 Å². The van der Waals surface area contributed by atoms with Gasteiger partial charge in [-0.1, -0.05) is 43.0 Å². The molecule has 0 radical (unpaired) electrons. The predicted octanol–water partition coefficient (Wildman–Crippen LogP) is 4.45. The van der Waals surface area contributed by atoms with Crippen molar-refractivity contribution in [3.05, 3.63) is 55.1 Å². The molecule has 0 nitrogen and oxygen atoms in total. The van der Waals surface area contributed by atoms with Gasteiger partial charge in [0, 0.05) is 0 Å². The van der Waals surface area contributed by atoms with Crippen LogP contribution >= 0.6 is 0 Å². The van der Waals surface area contributed by atoms with Crippen LogP contribution in [0.2, 0.25) is 0 Å². The molecule has 0 fully saturated rings. The molecule has 0 atom stereocenters. The molecule has 0 aliphatic heterocycles. The summed E-state index contributed by atoms with van der Waals surface area (Å²) >= 11 is 0. The minimum Gasteiger partial charge on any atom is -0.103 e. The fourth-order valence-corrected chi connectivity index (χ4v) is 1.45. The quantitative estimate of drug-likeness (QED) is 0.455. The summed E-state index contributed by atoms with van der Waals surface area (Å²) in [5, 5.41) is 0. The zero-order valence-electron chi connectivity index (χ0n) is 8.71. The Balaban J connectivity index is 2.32. The monoisotopic (exact) mass is 186 g/mol. The molecule has 0 N–H and O–H groups in total. The molecule has 0 amide bonds. The number of unbranched alkanes of at least 4 members (excludes halogenated alkanes) is 2. The molecular formula is C14H18. The topological polar surface area (TPSA) is 0 Å². The fraction of sp³-hybridized carbons (Fsp3) is 0.286. The SMILES string of the molecule is C=CCCCCC(=C)c1ccccc1. The van der Waals surface area contributed by atoms with Gasteiger partial charge in [0.25, 0.3) is 0 Å². The van der Waals surface area contributed by atoms with Gasteiger partial charge in [-0.25, -0.2) is 0 Å². The molecule has 0 saturated heterocycles. The van der Waals surface area contributed by atoms with E-state index in [4.69, 9.17) is 0 Å². The van der Waals surface area contributed by atoms with Crippen LogP contribution in [0.4, 0.5) is 0 Å². The summed E-state index contributed by atoms with van der Waals surface area (Å²) in [6, 6.07) is 10.4. The average molecular weight is 186 g/mol. The van der Waals surface area contributed by atoms with Gasteiger partial charge < -0.3 is 0 Å². The first-order valence-electron chi connectivity index (χ1n) is 5.18. The summed E-state index contributed by atoms with van der Waals surface area (Å²) in [5.41, 5.74) is 2.51. The zero-order chi connectivity index (χ0) is 10.2. The Kier molecular flexibility index (Phi) is 4.77. The predicted molar refractivity (Wildman–Crippen MR) is 64.1 cm³/mol. The Hall–Kier alpha value is -1.30. The van der Waals surface area contributed by atoms with Crippen molar-refractivity contribution in [3.8, 4) is 0 Å². The van der Waals surface area contributed by atoms with E-state index in [9.17, 15) is 0 Å². The molecule has 0 aliphatic carbocycles. The lowest BCUT2D eigenvalue weighted by Gasteiger charge is -2.04. The molecule has 0 unspecified atom stereocenters. The molecule has 1 rings (SSSR count). The van der Waals surface area contributed by atoms with Gasteiger partial charge in [0.05, 0.1) is 0 Å². The van der Waals surface area contributed by atoms with Crippen LogP contribution in [0.5, 0.6) is 0 Å². The van der Waals surface area contributed by atoms with E-state index in [1.807, 2.05) is 12.1 Å². The average Bonchev–Trinajstić information content (AvgIpc) is 2.25. The number of hydrogen-bond donors (Lipinski definition) is 0. The lowest BCUT2D eigenvalue weighted by Crippen LogP contribution is -1.83. The number of rotatable bonds is 6. The van der Waals surface area contributed by atoms with Crippen molar-refractivity contribution in [2.24, 2.45) is 0 Å². The van der Waals surface area contributed by atoms with Gasteiger partial charge in [-0.3, -0.25) is 0 Å². The van der Waals surface area contributed by atoms with Crippen molar-refractivity contribution in [2.75, 3.05) is 0 Å². The van der Waals surface area contributed by atoms with Gasteiger partial charge >= 0.3 is 0 Å². The summed E-state index contributed by atoms with van der Waals surface area (Å²) in [6.07, 6.45) is 6.61. The van der Waals surface area contributed by atoms with Crippen molar-refractivity contribution in [2.45, 2.75) is 25.7 Å². The second-order valence-electron chi connectivity index (χ2n) is 3.50. The number of allylic oxidation sites excluding steroid dienone is 2. The van der Waals surface area contributed by atoms with Crippen molar-refractivity contribution < 1.29 is 0 Å². The third-order valence-corrected chi connectivity index (χ3v) is 2.32. The third kappa shape index (κ3) is 3.61. The summed E-state index contributed by atoms with van der Waals surface area (Å²) in [5.74, 6) is 0. The summed E-state index contributed by atoms with van der Waals surface area (Å²) in [4.78, 5) is 0. The van der Waals surface area contributed by atoms with Gasteiger partial charge in [0.1, 0.15) is 0 Å². The van der Waals surface area contributed by atoms with Crippen molar-refractivity contribution >= 4 is 5.57 Å². The molecule has 0 heterocycles. The standard InChI is InChI=1S/C14H18/c1-3-4-5-7-10-13(2)14-11-8-6-9-12-14/h3,6,8-9,11-12H,1-2,4-5,7,10H2. The van der Waals surface area contributed by atoms with Gasteiger partial charge in [0.15, 0.2) is 0 Å². The molecule has 1 aromatic rings. The molecule has 0 aliphatic rings. The van der Waals surface area contributed by atoms with Gasteiger partial charge in [-0.15, -0.1) is 6.58 Å². The lowest BCUT2D eigenvalue weighted by atomic mass is 10.0. The van der Waals surface area contributed by atoms with Crippen LogP contribution in [0.3, 0.4) is 0 Å². The van der Waals surface area contributed by atoms with Crippen molar-refractivity contribution in [3.63, 3.8) is 0 Å². The Labute approximate surface area is 87.0 Å². The molecule has 74 valence electrons. The van der Waals surface area contributed by atoms with E-state index in [1.165, 1.54) is 24.0 Å². The van der Waals surface area contributed by atoms with E-state index in [0.717, 1.165) is 12.8 Å². The molecule has 14 heavy (non-hydrogen) atoms. The van der Waals surface area contributed by atoms with E-state index in [0.29, 0.717) is 0 Å². The summed E-state index contributed by atoms with van der Waals surface area (Å²) < 4.78 is 0. The van der Waals surface area contributed by atoms with Crippen LogP contribution in [-0.2, 0) is 0 Å². The maximum absolute atomic E-state index is 4.10. The minimum absolute atomic E-state index is 1.10. The van der Waals surface area contributed by atoms with Gasteiger partial charge in [-0.05, 0) is 36.8 Å². The molecule has 0 heteroatoms. The minimum atomic E-state index is 1.10. The Morgan fingerprint density at radius 3 is 2.50 bits per heavy atom. The Bertz CT molecular complexity index is 282. The smallest absolute Gasteiger partial charge is 0.0230 e. The second-order valence-corrected chi connectivity index (χ2v) is 3.50. The third-order valence-electron chi connectivity index (χ3n) is 2.32. The van der Waals surface area contributed by atoms with E-state index in [1.54, 1.807) is 0 Å². The van der Waals surface area contributed by atoms with Gasteiger partial charge in [0.2, 0.25) is 0 Å². The Morgan fingerprint density at radius 1 is 1.14 bits per heavy atom. The highest BCUT2D eigenvalue weighted by Gasteiger charge is 1.96. The fourth-order valence-electron chi connectivity index (χ4n) is 1.45. The molecule has 0 bridgehead atoms. The molecule has 0 spiro atoms. The van der Waals surface area contributed by atoms with Crippen LogP contribution in [0.25, 0.3) is 5.57 Å². The zero-order valence-corrected chi connectivity index (χ0v) is 8.71. The highest BCUT2D eigenvalue weighted by Crippen LogP contribution is 2.18. The summed E-state index contributed by atoms with van der Waals surface area (Å²) in [6.45, 7) is 7.81. The Morgan fingerprint density at radius 2 is 1.86 bits per heavy atom. The van der Waals surface area contributed by atoms with Crippen molar-refractivity contribution in [1.29, 1.82) is 0 Å². The molecule has 0 aromatic heterocycles. The van der Waals surface area contributed by atoms with Crippen LogP contribution < -0.4 is 0 Å². The van der Waals surface area contributed by atoms with Gasteiger partial charge in [-0.2, -0.15) is 0 Å². The second kappa shape index (κ2) is 6.20. The van der Waals surface area contributed by atoms with Crippen LogP contribution in [0, 0.1) is 0 Å².